The Labute approximate surface area is 124 Å². The summed E-state index contributed by atoms with van der Waals surface area (Å²) in [4.78, 5) is 10.6. The Bertz CT molecular complexity index is 261. The first-order valence-electron chi connectivity index (χ1n) is 3.95. The molecule has 72 valence electrons. The van der Waals surface area contributed by atoms with Gasteiger partial charge in [-0.1, -0.05) is 0 Å². The molecule has 1 rings (SSSR count). The van der Waals surface area contributed by atoms with Crippen LogP contribution in [0.15, 0.2) is 0 Å². The summed E-state index contributed by atoms with van der Waals surface area (Å²) in [5, 5.41) is 10.8. The summed E-state index contributed by atoms with van der Waals surface area (Å²) in [6, 6.07) is -0.640. The van der Waals surface area contributed by atoms with Crippen molar-refractivity contribution in [3.8, 4) is 18.0 Å². The fourth-order valence-electron chi connectivity index (χ4n) is 0.708. The summed E-state index contributed by atoms with van der Waals surface area (Å²) in [7, 11) is 0. The molecule has 0 radical (unpaired) electrons. The van der Waals surface area contributed by atoms with Crippen LogP contribution in [0.2, 0.25) is 0 Å². The van der Waals surface area contributed by atoms with Crippen molar-refractivity contribution in [1.82, 2.24) is 15.0 Å². The van der Waals surface area contributed by atoms with E-state index in [2.05, 4.69) is 15.0 Å². The minimum absolute atomic E-state index is 0. The van der Waals surface area contributed by atoms with Gasteiger partial charge in [0.1, 0.15) is 0 Å². The Kier molecular flexibility index (Phi) is 7.38. The number of rotatable bonds is 4. The maximum atomic E-state index is 10.8. The molecule has 0 fully saturated rings. The normalized spacial score (nSPS) is 9.00. The van der Waals surface area contributed by atoms with Crippen molar-refractivity contribution < 1.29 is 66.0 Å². The molecule has 0 amide bonds. The zero-order valence-electron chi connectivity index (χ0n) is 8.48. The van der Waals surface area contributed by atoms with Crippen molar-refractivity contribution in [2.24, 2.45) is 0 Å². The third-order valence-electron chi connectivity index (χ3n) is 1.12. The third-order valence-corrected chi connectivity index (χ3v) is 1.12. The van der Waals surface area contributed by atoms with Gasteiger partial charge in [-0.3, -0.25) is 0 Å². The number of hydrogen-bond donors (Lipinski definition) is 0. The van der Waals surface area contributed by atoms with E-state index in [1.807, 2.05) is 0 Å². The molecular formula is C7H10KN3O3. The van der Waals surface area contributed by atoms with E-state index in [4.69, 9.17) is 9.47 Å². The van der Waals surface area contributed by atoms with Crippen LogP contribution in [0.4, 0.5) is 0 Å². The molecule has 0 N–H and O–H groups in total. The van der Waals surface area contributed by atoms with Crippen LogP contribution < -0.4 is 66.0 Å². The first-order valence-corrected chi connectivity index (χ1v) is 3.95. The molecule has 14 heavy (non-hydrogen) atoms. The molecule has 0 saturated heterocycles. The first-order chi connectivity index (χ1) is 6.26. The predicted molar refractivity (Wildman–Crippen MR) is 41.6 cm³/mol. The zero-order valence-corrected chi connectivity index (χ0v) is 11.6. The van der Waals surface area contributed by atoms with E-state index in [-0.39, 0.29) is 63.4 Å². The van der Waals surface area contributed by atoms with Gasteiger partial charge >= 0.3 is 63.4 Å². The molecule has 0 saturated carbocycles. The van der Waals surface area contributed by atoms with Crippen LogP contribution in [0.25, 0.3) is 0 Å². The quantitative estimate of drug-likeness (QED) is 0.499. The molecule has 0 spiro atoms. The Morgan fingerprint density at radius 2 is 1.43 bits per heavy atom. The van der Waals surface area contributed by atoms with Crippen LogP contribution in [-0.2, 0) is 0 Å². The standard InChI is InChI=1S/C7H11N3O3.K/c1-3-12-6-8-5(11)9-7(10-6)13-4-2;/h3-4H2,1-2H3,(H,8,9,10,11);/q;+1/p-1. The second-order valence-corrected chi connectivity index (χ2v) is 2.05. The number of hydrogen-bond acceptors (Lipinski definition) is 6. The molecule has 0 aliphatic carbocycles. The third kappa shape index (κ3) is 4.51. The minimum Gasteiger partial charge on any atom is -0.844 e. The first kappa shape index (κ1) is 14.0. The summed E-state index contributed by atoms with van der Waals surface area (Å²) in [5.74, 6) is 0. The maximum Gasteiger partial charge on any atom is 1.00 e. The van der Waals surface area contributed by atoms with Gasteiger partial charge in [-0.25, -0.2) is 0 Å². The van der Waals surface area contributed by atoms with Crippen molar-refractivity contribution in [1.29, 1.82) is 0 Å². The summed E-state index contributed by atoms with van der Waals surface area (Å²) < 4.78 is 9.86. The molecule has 0 bridgehead atoms. The van der Waals surface area contributed by atoms with E-state index in [9.17, 15) is 5.11 Å². The van der Waals surface area contributed by atoms with Crippen LogP contribution in [-0.4, -0.2) is 28.2 Å². The fraction of sp³-hybridized carbons (Fsp3) is 0.571. The summed E-state index contributed by atoms with van der Waals surface area (Å²) in [5.41, 5.74) is 0. The molecule has 7 heteroatoms. The van der Waals surface area contributed by atoms with Gasteiger partial charge in [0.2, 0.25) is 0 Å². The van der Waals surface area contributed by atoms with Crippen LogP contribution in [0.1, 0.15) is 13.8 Å². The van der Waals surface area contributed by atoms with Crippen LogP contribution in [0.5, 0.6) is 18.0 Å². The molecule has 1 aromatic heterocycles. The van der Waals surface area contributed by atoms with E-state index < -0.39 is 6.01 Å². The smallest absolute Gasteiger partial charge is 0.844 e. The second kappa shape index (κ2) is 7.35. The zero-order chi connectivity index (χ0) is 9.68. The monoisotopic (exact) mass is 223 g/mol. The van der Waals surface area contributed by atoms with E-state index >= 15 is 0 Å². The van der Waals surface area contributed by atoms with E-state index in [1.165, 1.54) is 0 Å². The van der Waals surface area contributed by atoms with E-state index in [1.54, 1.807) is 13.8 Å². The summed E-state index contributed by atoms with van der Waals surface area (Å²) in [6.45, 7) is 4.34. The van der Waals surface area contributed by atoms with Gasteiger partial charge in [0, 0.05) is 0 Å². The van der Waals surface area contributed by atoms with Gasteiger partial charge in [-0.2, -0.15) is 9.97 Å². The topological polar surface area (TPSA) is 80.2 Å². The van der Waals surface area contributed by atoms with Gasteiger partial charge in [0.05, 0.1) is 19.2 Å². The summed E-state index contributed by atoms with van der Waals surface area (Å²) >= 11 is 0. The fourth-order valence-corrected chi connectivity index (χ4v) is 0.708. The molecule has 0 aliphatic heterocycles. The van der Waals surface area contributed by atoms with E-state index in [0.29, 0.717) is 13.2 Å². The summed E-state index contributed by atoms with van der Waals surface area (Å²) in [6.07, 6.45) is 0. The molecular weight excluding hydrogens is 213 g/mol. The van der Waals surface area contributed by atoms with Gasteiger partial charge in [0.25, 0.3) is 0 Å². The Morgan fingerprint density at radius 1 is 1.00 bits per heavy atom. The van der Waals surface area contributed by atoms with Gasteiger partial charge in [-0.15, -0.1) is 4.98 Å². The van der Waals surface area contributed by atoms with Crippen LogP contribution in [0.3, 0.4) is 0 Å². The number of nitrogens with zero attached hydrogens (tertiary/aromatic N) is 3. The molecule has 0 atom stereocenters. The molecule has 6 nitrogen and oxygen atoms in total. The average Bonchev–Trinajstić information content (AvgIpc) is 2.04. The largest absolute Gasteiger partial charge is 1.00 e. The SMILES string of the molecule is CCOc1nc([O-])nc(OCC)n1.[K+]. The maximum absolute atomic E-state index is 10.8. The predicted octanol–water partition coefficient (Wildman–Crippen LogP) is -3.25. The van der Waals surface area contributed by atoms with Gasteiger partial charge in [0.15, 0.2) is 0 Å². The van der Waals surface area contributed by atoms with Crippen LogP contribution in [0, 0.1) is 0 Å². The molecule has 1 aromatic rings. The molecule has 1 heterocycles. The molecule has 0 unspecified atom stereocenters. The molecule has 0 aliphatic rings. The van der Waals surface area contributed by atoms with Crippen molar-refractivity contribution in [2.75, 3.05) is 13.2 Å². The van der Waals surface area contributed by atoms with Crippen molar-refractivity contribution >= 4 is 0 Å². The van der Waals surface area contributed by atoms with Gasteiger partial charge in [-0.05, 0) is 13.8 Å². The number of ether oxygens (including phenoxy) is 2. The van der Waals surface area contributed by atoms with Gasteiger partial charge < -0.3 is 14.6 Å². The van der Waals surface area contributed by atoms with E-state index in [0.717, 1.165) is 0 Å². The minimum atomic E-state index is -0.651. The van der Waals surface area contributed by atoms with Crippen molar-refractivity contribution in [3.63, 3.8) is 0 Å². The Balaban J connectivity index is 0.00000169. The second-order valence-electron chi connectivity index (χ2n) is 2.05. The number of aromatic nitrogens is 3. The van der Waals surface area contributed by atoms with Crippen molar-refractivity contribution in [3.05, 3.63) is 0 Å². The average molecular weight is 223 g/mol. The Morgan fingerprint density at radius 3 is 1.79 bits per heavy atom. The Hall–Kier alpha value is 0.0464. The molecule has 0 aromatic carbocycles. The van der Waals surface area contributed by atoms with Crippen LogP contribution >= 0.6 is 0 Å². The van der Waals surface area contributed by atoms with Crippen molar-refractivity contribution in [2.45, 2.75) is 13.8 Å².